The molecule has 27 heavy (non-hydrogen) atoms. The predicted molar refractivity (Wildman–Crippen MR) is 105 cm³/mol. The number of nitro groups is 1. The van der Waals surface area contributed by atoms with Crippen molar-refractivity contribution in [2.75, 3.05) is 5.33 Å². The number of carbonyl (C=O) groups is 1. The number of hydrogen-bond donors (Lipinski definition) is 0. The van der Waals surface area contributed by atoms with E-state index in [4.69, 9.17) is 4.74 Å². The van der Waals surface area contributed by atoms with Crippen LogP contribution in [0.1, 0.15) is 35.3 Å². The van der Waals surface area contributed by atoms with Crippen LogP contribution in [0.15, 0.2) is 48.0 Å². The first kappa shape index (κ1) is 17.7. The van der Waals surface area contributed by atoms with E-state index >= 15 is 0 Å². The lowest BCUT2D eigenvalue weighted by Gasteiger charge is -2.38. The van der Waals surface area contributed by atoms with Gasteiger partial charge in [0.2, 0.25) is 0 Å². The molecule has 0 radical (unpaired) electrons. The molecule has 6 nitrogen and oxygen atoms in total. The highest BCUT2D eigenvalue weighted by atomic mass is 79.9. The van der Waals surface area contributed by atoms with Crippen molar-refractivity contribution in [3.05, 3.63) is 74.8 Å². The van der Waals surface area contributed by atoms with Crippen molar-refractivity contribution in [3.8, 4) is 5.75 Å². The molecule has 0 unspecified atom stereocenters. The Hall–Kier alpha value is -2.67. The minimum atomic E-state index is -0.656. The van der Waals surface area contributed by atoms with Gasteiger partial charge in [0.05, 0.1) is 17.2 Å². The second-order valence-corrected chi connectivity index (χ2v) is 7.62. The molecule has 0 saturated carbocycles. The molecule has 0 spiro atoms. The summed E-state index contributed by atoms with van der Waals surface area (Å²) in [5.74, 6) is 0.434. The van der Waals surface area contributed by atoms with Crippen LogP contribution in [0.4, 0.5) is 5.69 Å². The third kappa shape index (κ3) is 2.73. The van der Waals surface area contributed by atoms with Crippen molar-refractivity contribution < 1.29 is 14.5 Å². The van der Waals surface area contributed by atoms with Crippen molar-refractivity contribution >= 4 is 33.2 Å². The Morgan fingerprint density at radius 3 is 2.63 bits per heavy atom. The van der Waals surface area contributed by atoms with E-state index in [2.05, 4.69) is 15.9 Å². The maximum atomic E-state index is 13.1. The number of nitrogens with zero attached hydrogens (tertiary/aromatic N) is 2. The quantitative estimate of drug-likeness (QED) is 0.408. The fraction of sp³-hybridized carbons (Fsp3) is 0.250. The molecule has 2 aromatic carbocycles. The molecule has 0 aliphatic carbocycles. The van der Waals surface area contributed by atoms with Gasteiger partial charge in [-0.15, -0.1) is 0 Å². The molecule has 1 amide bonds. The maximum Gasteiger partial charge on any atom is 0.270 e. The SMILES string of the molecule is CC1(C)Oc2ccc([N+](=O)[O-])cc2C(N2Cc3ccccc3C2=O)=C1CBr. The second kappa shape index (κ2) is 6.20. The maximum absolute atomic E-state index is 13.1. The Morgan fingerprint density at radius 1 is 1.22 bits per heavy atom. The molecule has 2 aliphatic heterocycles. The first-order valence-corrected chi connectivity index (χ1v) is 9.63. The highest BCUT2D eigenvalue weighted by molar-refractivity contribution is 9.09. The van der Waals surface area contributed by atoms with Gasteiger partial charge in [-0.1, -0.05) is 34.1 Å². The summed E-state index contributed by atoms with van der Waals surface area (Å²) in [7, 11) is 0. The van der Waals surface area contributed by atoms with Crippen LogP contribution in [0.3, 0.4) is 0 Å². The number of non-ortho nitro benzene ring substituents is 1. The van der Waals surface area contributed by atoms with Gasteiger partial charge in [-0.25, -0.2) is 0 Å². The number of ether oxygens (including phenoxy) is 1. The summed E-state index contributed by atoms with van der Waals surface area (Å²) in [6.45, 7) is 4.29. The van der Waals surface area contributed by atoms with E-state index in [-0.39, 0.29) is 11.6 Å². The number of amides is 1. The molecular formula is C20H17BrN2O4. The summed E-state index contributed by atoms with van der Waals surface area (Å²) in [6, 6.07) is 12.0. The van der Waals surface area contributed by atoms with Gasteiger partial charge in [0.25, 0.3) is 11.6 Å². The van der Waals surface area contributed by atoms with E-state index in [1.165, 1.54) is 12.1 Å². The second-order valence-electron chi connectivity index (χ2n) is 7.06. The summed E-state index contributed by atoms with van der Waals surface area (Å²) in [6.07, 6.45) is 0. The largest absolute Gasteiger partial charge is 0.483 e. The van der Waals surface area contributed by atoms with Gasteiger partial charge in [-0.2, -0.15) is 0 Å². The van der Waals surface area contributed by atoms with E-state index in [0.29, 0.717) is 34.4 Å². The summed E-state index contributed by atoms with van der Waals surface area (Å²) in [5.41, 5.74) is 3.04. The molecule has 138 valence electrons. The molecule has 2 aromatic rings. The van der Waals surface area contributed by atoms with Crippen LogP contribution in [0.2, 0.25) is 0 Å². The molecular weight excluding hydrogens is 412 g/mol. The van der Waals surface area contributed by atoms with E-state index in [1.807, 2.05) is 38.1 Å². The van der Waals surface area contributed by atoms with Gasteiger partial charge in [-0.3, -0.25) is 14.9 Å². The lowest BCUT2D eigenvalue weighted by molar-refractivity contribution is -0.384. The number of hydrogen-bond acceptors (Lipinski definition) is 4. The number of halogens is 1. The van der Waals surface area contributed by atoms with Crippen molar-refractivity contribution in [1.82, 2.24) is 4.90 Å². The summed E-state index contributed by atoms with van der Waals surface area (Å²) in [4.78, 5) is 25.7. The molecule has 2 aliphatic rings. The average molecular weight is 429 g/mol. The Labute approximate surface area is 164 Å². The summed E-state index contributed by atoms with van der Waals surface area (Å²) in [5, 5.41) is 11.8. The Balaban J connectivity index is 1.94. The van der Waals surface area contributed by atoms with Crippen LogP contribution in [-0.4, -0.2) is 26.7 Å². The normalized spacial score (nSPS) is 17.4. The fourth-order valence-electron chi connectivity index (χ4n) is 3.66. The van der Waals surface area contributed by atoms with Crippen molar-refractivity contribution in [2.45, 2.75) is 26.0 Å². The number of rotatable bonds is 3. The lowest BCUT2D eigenvalue weighted by Crippen LogP contribution is -2.39. The van der Waals surface area contributed by atoms with Crippen LogP contribution < -0.4 is 4.74 Å². The monoisotopic (exact) mass is 428 g/mol. The minimum Gasteiger partial charge on any atom is -0.483 e. The zero-order valence-electron chi connectivity index (χ0n) is 14.9. The lowest BCUT2D eigenvalue weighted by atomic mass is 9.90. The molecule has 7 heteroatoms. The average Bonchev–Trinajstić information content (AvgIpc) is 2.96. The standard InChI is InChI=1S/C20H17BrN2O4/c1-20(2)16(10-21)18(15-9-13(23(25)26)7-8-17(15)27-20)22-11-12-5-3-4-6-14(12)19(22)24/h3-9H,10-11H2,1-2H3. The topological polar surface area (TPSA) is 72.7 Å². The third-order valence-corrected chi connectivity index (χ3v) is 5.59. The first-order chi connectivity index (χ1) is 12.8. The Bertz CT molecular complexity index is 1010. The van der Waals surface area contributed by atoms with Crippen LogP contribution in [0.5, 0.6) is 5.75 Å². The number of nitro benzene ring substituents is 1. The number of carbonyl (C=O) groups excluding carboxylic acids is 1. The van der Waals surface area contributed by atoms with E-state index < -0.39 is 10.5 Å². The molecule has 2 heterocycles. The fourth-order valence-corrected chi connectivity index (χ4v) is 4.60. The smallest absolute Gasteiger partial charge is 0.270 e. The van der Waals surface area contributed by atoms with Crippen LogP contribution in [0.25, 0.3) is 5.70 Å². The highest BCUT2D eigenvalue weighted by Crippen LogP contribution is 2.46. The molecule has 0 aromatic heterocycles. The van der Waals surface area contributed by atoms with Gasteiger partial charge in [0, 0.05) is 34.2 Å². The minimum absolute atomic E-state index is 0.0346. The van der Waals surface area contributed by atoms with Crippen molar-refractivity contribution in [3.63, 3.8) is 0 Å². The molecule has 0 atom stereocenters. The highest BCUT2D eigenvalue weighted by Gasteiger charge is 2.41. The van der Waals surface area contributed by atoms with Crippen LogP contribution >= 0.6 is 15.9 Å². The zero-order valence-corrected chi connectivity index (χ0v) is 16.4. The van der Waals surface area contributed by atoms with Gasteiger partial charge in [-0.05, 0) is 31.5 Å². The Kier molecular flexibility index (Phi) is 4.07. The third-order valence-electron chi connectivity index (χ3n) is 5.03. The first-order valence-electron chi connectivity index (χ1n) is 8.50. The van der Waals surface area contributed by atoms with Crippen LogP contribution in [0, 0.1) is 10.1 Å². The Morgan fingerprint density at radius 2 is 1.96 bits per heavy atom. The molecule has 4 rings (SSSR count). The predicted octanol–water partition coefficient (Wildman–Crippen LogP) is 4.53. The van der Waals surface area contributed by atoms with E-state index in [0.717, 1.165) is 11.1 Å². The van der Waals surface area contributed by atoms with E-state index in [9.17, 15) is 14.9 Å². The van der Waals surface area contributed by atoms with Crippen molar-refractivity contribution in [1.29, 1.82) is 0 Å². The molecule has 0 N–H and O–H groups in total. The number of fused-ring (bicyclic) bond motifs is 2. The molecule has 0 saturated heterocycles. The number of benzene rings is 2. The van der Waals surface area contributed by atoms with Gasteiger partial charge >= 0.3 is 0 Å². The number of alkyl halides is 1. The van der Waals surface area contributed by atoms with E-state index in [1.54, 1.807) is 11.0 Å². The van der Waals surface area contributed by atoms with Gasteiger partial charge < -0.3 is 9.64 Å². The van der Waals surface area contributed by atoms with Crippen molar-refractivity contribution in [2.24, 2.45) is 0 Å². The molecule has 0 fully saturated rings. The van der Waals surface area contributed by atoms with Gasteiger partial charge in [0.15, 0.2) is 0 Å². The van der Waals surface area contributed by atoms with Crippen LogP contribution in [-0.2, 0) is 6.54 Å². The zero-order chi connectivity index (χ0) is 19.3. The van der Waals surface area contributed by atoms with Gasteiger partial charge in [0.1, 0.15) is 11.4 Å². The molecule has 0 bridgehead atoms. The summed E-state index contributed by atoms with van der Waals surface area (Å²) >= 11 is 3.52. The summed E-state index contributed by atoms with van der Waals surface area (Å²) < 4.78 is 6.11.